The Bertz CT molecular complexity index is 740. The molecule has 0 amide bonds. The fraction of sp³-hybridized carbons (Fsp3) is 0.471. The highest BCUT2D eigenvalue weighted by Gasteiger charge is 2.36. The van der Waals surface area contributed by atoms with Crippen LogP contribution in [0.25, 0.3) is 0 Å². The minimum absolute atomic E-state index is 0.160. The van der Waals surface area contributed by atoms with Crippen LogP contribution in [-0.4, -0.2) is 33.4 Å². The van der Waals surface area contributed by atoms with Gasteiger partial charge in [0.25, 0.3) is 0 Å². The molecule has 3 heterocycles. The molecule has 3 atom stereocenters. The number of ether oxygens (including phenoxy) is 1. The van der Waals surface area contributed by atoms with Crippen LogP contribution < -0.4 is 5.73 Å². The summed E-state index contributed by atoms with van der Waals surface area (Å²) in [5.41, 5.74) is 8.75. The topological polar surface area (TPSA) is 56.3 Å². The van der Waals surface area contributed by atoms with E-state index in [4.69, 9.17) is 10.5 Å². The molecule has 1 fully saturated rings. The second kappa shape index (κ2) is 5.91. The van der Waals surface area contributed by atoms with Crippen LogP contribution in [0.5, 0.6) is 0 Å². The summed E-state index contributed by atoms with van der Waals surface area (Å²) in [4.78, 5) is 2.29. The van der Waals surface area contributed by atoms with Crippen LogP contribution in [0, 0.1) is 11.6 Å². The van der Waals surface area contributed by atoms with Gasteiger partial charge in [-0.15, -0.1) is 0 Å². The predicted octanol–water partition coefficient (Wildman–Crippen LogP) is 1.87. The van der Waals surface area contributed by atoms with Gasteiger partial charge in [-0.3, -0.25) is 9.58 Å². The zero-order chi connectivity index (χ0) is 16.8. The molecule has 0 bridgehead atoms. The average Bonchev–Trinajstić information content (AvgIpc) is 3.07. The van der Waals surface area contributed by atoms with Gasteiger partial charge in [-0.2, -0.15) is 5.10 Å². The highest BCUT2D eigenvalue weighted by Crippen LogP contribution is 2.33. The van der Waals surface area contributed by atoms with Crippen molar-refractivity contribution in [3.63, 3.8) is 0 Å². The van der Waals surface area contributed by atoms with E-state index in [0.717, 1.165) is 30.9 Å². The number of halogens is 2. The molecule has 0 radical (unpaired) electrons. The Morgan fingerprint density at radius 3 is 2.88 bits per heavy atom. The molecular formula is C17H20F2N4O. The first kappa shape index (κ1) is 15.7. The summed E-state index contributed by atoms with van der Waals surface area (Å²) in [5, 5.41) is 4.45. The third-order valence-electron chi connectivity index (χ3n) is 4.90. The van der Waals surface area contributed by atoms with Gasteiger partial charge in [0.1, 0.15) is 17.7 Å². The molecule has 2 aliphatic heterocycles. The van der Waals surface area contributed by atoms with E-state index in [1.54, 1.807) is 0 Å². The Labute approximate surface area is 139 Å². The van der Waals surface area contributed by atoms with Crippen molar-refractivity contribution in [1.82, 2.24) is 14.7 Å². The second-order valence-electron chi connectivity index (χ2n) is 6.65. The first-order valence-electron chi connectivity index (χ1n) is 8.09. The van der Waals surface area contributed by atoms with Crippen molar-refractivity contribution in [3.8, 4) is 0 Å². The Hall–Kier alpha value is -1.83. The molecule has 1 aromatic heterocycles. The van der Waals surface area contributed by atoms with E-state index >= 15 is 0 Å². The number of nitrogens with two attached hydrogens (primary N) is 1. The number of aromatic nitrogens is 2. The molecule has 0 spiro atoms. The van der Waals surface area contributed by atoms with Crippen molar-refractivity contribution >= 4 is 0 Å². The van der Waals surface area contributed by atoms with Gasteiger partial charge >= 0.3 is 0 Å². The number of fused-ring (bicyclic) bond motifs is 1. The van der Waals surface area contributed by atoms with Gasteiger partial charge in [-0.05, 0) is 24.6 Å². The van der Waals surface area contributed by atoms with Gasteiger partial charge in [-0.25, -0.2) is 8.78 Å². The number of nitrogens with zero attached hydrogens (tertiary/aromatic N) is 3. The summed E-state index contributed by atoms with van der Waals surface area (Å²) in [6.45, 7) is 2.05. The molecule has 0 unspecified atom stereocenters. The average molecular weight is 334 g/mol. The molecule has 1 aromatic carbocycles. The van der Waals surface area contributed by atoms with E-state index in [0.29, 0.717) is 13.0 Å². The standard InChI is InChI=1S/C17H20F2N4O/c1-22-6-10-7-23(8-16(10)21-22)12-5-15(20)17(24-9-12)13-4-11(18)2-3-14(13)19/h2-4,6,12,15,17H,5,7-9,20H2,1H3/t12-,15+,17-/m1/s1. The molecule has 4 rings (SSSR count). The molecule has 128 valence electrons. The number of hydrogen-bond donors (Lipinski definition) is 1. The fourth-order valence-corrected chi connectivity index (χ4v) is 3.73. The van der Waals surface area contributed by atoms with Gasteiger partial charge in [0.2, 0.25) is 0 Å². The number of rotatable bonds is 2. The lowest BCUT2D eigenvalue weighted by Crippen LogP contribution is -2.47. The molecule has 2 aliphatic rings. The van der Waals surface area contributed by atoms with Crippen molar-refractivity contribution in [3.05, 3.63) is 52.9 Å². The van der Waals surface area contributed by atoms with E-state index in [1.165, 1.54) is 11.6 Å². The van der Waals surface area contributed by atoms with Crippen LogP contribution in [-0.2, 0) is 24.9 Å². The fourth-order valence-electron chi connectivity index (χ4n) is 3.73. The monoisotopic (exact) mass is 334 g/mol. The summed E-state index contributed by atoms with van der Waals surface area (Å²) < 4.78 is 35.1. The molecule has 5 nitrogen and oxygen atoms in total. The van der Waals surface area contributed by atoms with Crippen LogP contribution in [0.1, 0.15) is 29.3 Å². The van der Waals surface area contributed by atoms with Crippen LogP contribution in [0.2, 0.25) is 0 Å². The molecule has 1 saturated heterocycles. The van der Waals surface area contributed by atoms with E-state index in [-0.39, 0.29) is 17.6 Å². The lowest BCUT2D eigenvalue weighted by atomic mass is 9.93. The minimum atomic E-state index is -0.609. The SMILES string of the molecule is Cn1cc2c(n1)CN([C@H]1CO[C@H](c3cc(F)ccc3F)[C@@H](N)C1)C2. The Kier molecular flexibility index (Phi) is 3.86. The van der Waals surface area contributed by atoms with Crippen molar-refractivity contribution in [2.24, 2.45) is 12.8 Å². The summed E-state index contributed by atoms with van der Waals surface area (Å²) in [6, 6.07) is 3.18. The van der Waals surface area contributed by atoms with E-state index in [9.17, 15) is 8.78 Å². The third-order valence-corrected chi connectivity index (χ3v) is 4.90. The molecule has 24 heavy (non-hydrogen) atoms. The van der Waals surface area contributed by atoms with Gasteiger partial charge in [0.15, 0.2) is 0 Å². The van der Waals surface area contributed by atoms with Gasteiger partial charge < -0.3 is 10.5 Å². The maximum atomic E-state index is 14.0. The van der Waals surface area contributed by atoms with Gasteiger partial charge in [-0.1, -0.05) is 0 Å². The summed E-state index contributed by atoms with van der Waals surface area (Å²) >= 11 is 0. The molecule has 2 N–H and O–H groups in total. The van der Waals surface area contributed by atoms with Crippen LogP contribution in [0.15, 0.2) is 24.4 Å². The summed E-state index contributed by atoms with van der Waals surface area (Å²) in [7, 11) is 1.92. The van der Waals surface area contributed by atoms with Crippen molar-refractivity contribution < 1.29 is 13.5 Å². The maximum Gasteiger partial charge on any atom is 0.129 e. The second-order valence-corrected chi connectivity index (χ2v) is 6.65. The van der Waals surface area contributed by atoms with Gasteiger partial charge in [0.05, 0.1) is 12.3 Å². The Morgan fingerprint density at radius 1 is 1.29 bits per heavy atom. The van der Waals surface area contributed by atoms with Crippen LogP contribution >= 0.6 is 0 Å². The molecule has 7 heteroatoms. The van der Waals surface area contributed by atoms with Crippen LogP contribution in [0.3, 0.4) is 0 Å². The Morgan fingerprint density at radius 2 is 2.12 bits per heavy atom. The maximum absolute atomic E-state index is 14.0. The number of aryl methyl sites for hydroxylation is 1. The first-order chi connectivity index (χ1) is 11.5. The molecular weight excluding hydrogens is 314 g/mol. The van der Waals surface area contributed by atoms with Crippen molar-refractivity contribution in [1.29, 1.82) is 0 Å². The highest BCUT2D eigenvalue weighted by atomic mass is 19.1. The van der Waals surface area contributed by atoms with Crippen molar-refractivity contribution in [2.45, 2.75) is 37.7 Å². The smallest absolute Gasteiger partial charge is 0.129 e. The molecule has 2 aromatic rings. The van der Waals surface area contributed by atoms with E-state index < -0.39 is 17.7 Å². The lowest BCUT2D eigenvalue weighted by molar-refractivity contribution is -0.0533. The van der Waals surface area contributed by atoms with E-state index in [1.807, 2.05) is 17.9 Å². The lowest BCUT2D eigenvalue weighted by Gasteiger charge is -2.38. The molecule has 0 saturated carbocycles. The van der Waals surface area contributed by atoms with E-state index in [2.05, 4.69) is 10.00 Å². The van der Waals surface area contributed by atoms with Gasteiger partial charge in [0, 0.05) is 49.5 Å². The zero-order valence-corrected chi connectivity index (χ0v) is 13.5. The number of benzene rings is 1. The Balaban J connectivity index is 1.45. The highest BCUT2D eigenvalue weighted by molar-refractivity contribution is 5.24. The third kappa shape index (κ3) is 2.72. The zero-order valence-electron chi connectivity index (χ0n) is 13.5. The normalized spacial score (nSPS) is 27.4. The largest absolute Gasteiger partial charge is 0.370 e. The molecule has 0 aliphatic carbocycles. The minimum Gasteiger partial charge on any atom is -0.370 e. The quantitative estimate of drug-likeness (QED) is 0.911. The van der Waals surface area contributed by atoms with Crippen LogP contribution in [0.4, 0.5) is 8.78 Å². The number of hydrogen-bond acceptors (Lipinski definition) is 4. The summed E-state index contributed by atoms with van der Waals surface area (Å²) in [5.74, 6) is -0.959. The predicted molar refractivity (Wildman–Crippen MR) is 83.9 cm³/mol. The summed E-state index contributed by atoms with van der Waals surface area (Å²) in [6.07, 6.45) is 2.10. The van der Waals surface area contributed by atoms with Crippen molar-refractivity contribution in [2.75, 3.05) is 6.61 Å². The first-order valence-corrected chi connectivity index (χ1v) is 8.09.